The van der Waals surface area contributed by atoms with E-state index >= 15 is 0 Å². The van der Waals surface area contributed by atoms with Gasteiger partial charge in [0.15, 0.2) is 0 Å². The van der Waals surface area contributed by atoms with Crippen molar-refractivity contribution in [2.24, 2.45) is 23.2 Å². The highest BCUT2D eigenvalue weighted by atomic mass is 28.4. The molecule has 1 aromatic carbocycles. The summed E-state index contributed by atoms with van der Waals surface area (Å²) in [6, 6.07) is 10.4. The van der Waals surface area contributed by atoms with Crippen molar-refractivity contribution >= 4 is 14.1 Å². The fourth-order valence-electron chi connectivity index (χ4n) is 4.52. The Bertz CT molecular complexity index is 728. The minimum atomic E-state index is -1.73. The molecule has 0 unspecified atom stereocenters. The summed E-state index contributed by atoms with van der Waals surface area (Å²) in [5.41, 5.74) is 1.75. The zero-order chi connectivity index (χ0) is 18.6. The van der Waals surface area contributed by atoms with Crippen LogP contribution in [0.4, 0.5) is 0 Å². The van der Waals surface area contributed by atoms with Crippen LogP contribution in [-0.4, -0.2) is 14.1 Å². The Morgan fingerprint density at radius 2 is 1.72 bits per heavy atom. The normalized spacial score (nSPS) is 35.4. The molecule has 3 rings (SSSR count). The monoisotopic (exact) mass is 354 g/mol. The minimum absolute atomic E-state index is 0.0742. The lowest BCUT2D eigenvalue weighted by Crippen LogP contribution is -2.32. The third-order valence-corrected chi connectivity index (χ3v) is 6.96. The van der Waals surface area contributed by atoms with Crippen LogP contribution < -0.4 is 0 Å². The van der Waals surface area contributed by atoms with Gasteiger partial charge in [-0.05, 0) is 44.1 Å². The number of allylic oxidation sites excluding steroid dienone is 3. The Morgan fingerprint density at radius 3 is 2.28 bits per heavy atom. The van der Waals surface area contributed by atoms with Crippen LogP contribution in [0.15, 0.2) is 54.3 Å². The zero-order valence-corrected chi connectivity index (χ0v) is 17.3. The first kappa shape index (κ1) is 18.2. The second-order valence-corrected chi connectivity index (χ2v) is 13.3. The van der Waals surface area contributed by atoms with Crippen molar-refractivity contribution in [3.05, 3.63) is 59.9 Å². The molecule has 25 heavy (non-hydrogen) atoms. The molecule has 0 aromatic heterocycles. The number of rotatable bonds is 3. The van der Waals surface area contributed by atoms with E-state index < -0.39 is 13.7 Å². The molecule has 2 aliphatic rings. The van der Waals surface area contributed by atoms with Gasteiger partial charge in [0.2, 0.25) is 8.32 Å². The van der Waals surface area contributed by atoms with Gasteiger partial charge in [-0.15, -0.1) is 0 Å². The van der Waals surface area contributed by atoms with E-state index in [1.54, 1.807) is 0 Å². The summed E-state index contributed by atoms with van der Waals surface area (Å²) < 4.78 is 6.42. The number of Topliss-reactive ketones (excluding diaryl/α,β-unsaturated/α-hetero) is 1. The second kappa shape index (κ2) is 5.98. The standard InChI is InChI=1S/C22H30O2Si/c1-14-13-18(24-25(5,6)7)15(2)19-20(17-11-9-8-10-12-17)16(3)22(14,4)21(19)23/h8-15,19-20H,3H2,1-2,4-7H3/t14-,15-,19-,20-,22-/m1/s1. The predicted molar refractivity (Wildman–Crippen MR) is 106 cm³/mol. The number of benzene rings is 1. The van der Waals surface area contributed by atoms with Gasteiger partial charge < -0.3 is 4.43 Å². The topological polar surface area (TPSA) is 26.3 Å². The number of ketones is 1. The summed E-state index contributed by atoms with van der Waals surface area (Å²) in [7, 11) is -1.73. The average Bonchev–Trinajstić information content (AvgIpc) is 2.71. The number of carbonyl (C=O) groups excluding carboxylic acids is 1. The average molecular weight is 355 g/mol. The lowest BCUT2D eigenvalue weighted by molar-refractivity contribution is -0.129. The molecule has 1 aromatic rings. The van der Waals surface area contributed by atoms with Crippen molar-refractivity contribution in [2.75, 3.05) is 0 Å². The molecule has 2 nitrogen and oxygen atoms in total. The zero-order valence-electron chi connectivity index (χ0n) is 16.3. The number of carbonyl (C=O) groups is 1. The molecule has 0 heterocycles. The van der Waals surface area contributed by atoms with Crippen LogP contribution in [0.3, 0.4) is 0 Å². The van der Waals surface area contributed by atoms with E-state index in [0.717, 1.165) is 11.3 Å². The Kier molecular flexibility index (Phi) is 4.35. The van der Waals surface area contributed by atoms with Gasteiger partial charge in [-0.1, -0.05) is 56.3 Å². The van der Waals surface area contributed by atoms with Gasteiger partial charge in [-0.2, -0.15) is 0 Å². The SMILES string of the molecule is C=C1[C@H](c2ccccc2)[C@@H]2C(=O)[C@]1(C)[C@H](C)C=C(O[Si](C)(C)C)[C@H]2C. The van der Waals surface area contributed by atoms with Crippen LogP contribution in [0.1, 0.15) is 32.3 Å². The highest BCUT2D eigenvalue weighted by Gasteiger charge is 2.59. The van der Waals surface area contributed by atoms with Gasteiger partial charge in [-0.25, -0.2) is 0 Å². The predicted octanol–water partition coefficient (Wildman–Crippen LogP) is 5.55. The first-order valence-electron chi connectivity index (χ1n) is 9.26. The van der Waals surface area contributed by atoms with Crippen LogP contribution in [0.2, 0.25) is 19.6 Å². The van der Waals surface area contributed by atoms with E-state index in [1.165, 1.54) is 5.56 Å². The van der Waals surface area contributed by atoms with Crippen molar-refractivity contribution < 1.29 is 9.22 Å². The van der Waals surface area contributed by atoms with E-state index in [1.807, 2.05) is 6.07 Å². The van der Waals surface area contributed by atoms with Crippen molar-refractivity contribution in [3.63, 3.8) is 0 Å². The molecule has 3 heteroatoms. The van der Waals surface area contributed by atoms with E-state index in [0.29, 0.717) is 5.78 Å². The van der Waals surface area contributed by atoms with Crippen molar-refractivity contribution in [2.45, 2.75) is 46.3 Å². The van der Waals surface area contributed by atoms with Crippen LogP contribution >= 0.6 is 0 Å². The molecule has 0 amide bonds. The van der Waals surface area contributed by atoms with E-state index in [-0.39, 0.29) is 23.7 Å². The van der Waals surface area contributed by atoms with Gasteiger partial charge in [0.05, 0.1) is 11.2 Å². The Hall–Kier alpha value is -1.61. The number of hydrogen-bond donors (Lipinski definition) is 0. The first-order valence-corrected chi connectivity index (χ1v) is 12.7. The van der Waals surface area contributed by atoms with Gasteiger partial charge >= 0.3 is 0 Å². The fraction of sp³-hybridized carbons (Fsp3) is 0.500. The van der Waals surface area contributed by atoms with Gasteiger partial charge in [0.25, 0.3) is 0 Å². The van der Waals surface area contributed by atoms with Crippen LogP contribution in [0, 0.1) is 23.2 Å². The maximum Gasteiger partial charge on any atom is 0.241 e. The lowest BCUT2D eigenvalue weighted by atomic mass is 9.71. The molecule has 0 saturated heterocycles. The lowest BCUT2D eigenvalue weighted by Gasteiger charge is -2.34. The summed E-state index contributed by atoms with van der Waals surface area (Å²) in [4.78, 5) is 13.5. The van der Waals surface area contributed by atoms with Crippen LogP contribution in [0.5, 0.6) is 0 Å². The third-order valence-electron chi connectivity index (χ3n) is 6.11. The first-order chi connectivity index (χ1) is 11.6. The second-order valence-electron chi connectivity index (χ2n) is 8.87. The third kappa shape index (κ3) is 2.83. The van der Waals surface area contributed by atoms with Crippen molar-refractivity contribution in [3.8, 4) is 0 Å². The van der Waals surface area contributed by atoms with E-state index in [2.05, 4.69) is 77.3 Å². The molecular formula is C22H30O2Si. The molecule has 0 N–H and O–H groups in total. The highest BCUT2D eigenvalue weighted by Crippen LogP contribution is 2.59. The van der Waals surface area contributed by atoms with E-state index in [9.17, 15) is 4.79 Å². The van der Waals surface area contributed by atoms with E-state index in [4.69, 9.17) is 4.43 Å². The molecule has 0 aliphatic heterocycles. The minimum Gasteiger partial charge on any atom is -0.547 e. The maximum absolute atomic E-state index is 13.5. The smallest absolute Gasteiger partial charge is 0.241 e. The Labute approximate surface area is 153 Å². The summed E-state index contributed by atoms with van der Waals surface area (Å²) in [6.45, 7) is 17.4. The maximum atomic E-state index is 13.5. The Balaban J connectivity index is 2.13. The summed E-state index contributed by atoms with van der Waals surface area (Å²) in [5, 5.41) is 0. The van der Waals surface area contributed by atoms with Crippen LogP contribution in [-0.2, 0) is 9.22 Å². The highest BCUT2D eigenvalue weighted by molar-refractivity contribution is 6.70. The summed E-state index contributed by atoms with van der Waals surface area (Å²) >= 11 is 0. The van der Waals surface area contributed by atoms with Crippen molar-refractivity contribution in [1.82, 2.24) is 0 Å². The van der Waals surface area contributed by atoms with Gasteiger partial charge in [0.1, 0.15) is 5.78 Å². The molecular weight excluding hydrogens is 324 g/mol. The molecule has 5 atom stereocenters. The number of hydrogen-bond acceptors (Lipinski definition) is 2. The molecule has 2 bridgehead atoms. The number of fused-ring (bicyclic) bond motifs is 2. The molecule has 134 valence electrons. The molecule has 0 spiro atoms. The molecule has 1 saturated carbocycles. The molecule has 2 aliphatic carbocycles. The molecule has 1 fully saturated rings. The fourth-order valence-corrected chi connectivity index (χ4v) is 5.48. The largest absolute Gasteiger partial charge is 0.547 e. The summed E-state index contributed by atoms with van der Waals surface area (Å²) in [6.07, 6.45) is 2.20. The Morgan fingerprint density at radius 1 is 1.12 bits per heavy atom. The summed E-state index contributed by atoms with van der Waals surface area (Å²) in [5.74, 6) is 1.50. The van der Waals surface area contributed by atoms with Crippen LogP contribution in [0.25, 0.3) is 0 Å². The molecule has 0 radical (unpaired) electrons. The van der Waals surface area contributed by atoms with Crippen molar-refractivity contribution in [1.29, 1.82) is 0 Å². The van der Waals surface area contributed by atoms with Gasteiger partial charge in [-0.3, -0.25) is 4.79 Å². The van der Waals surface area contributed by atoms with Gasteiger partial charge in [0, 0.05) is 17.8 Å². The quantitative estimate of drug-likeness (QED) is 0.525.